The molecule has 0 heterocycles. The quantitative estimate of drug-likeness (QED) is 0.365. The molecule has 24 heavy (non-hydrogen) atoms. The van der Waals surface area contributed by atoms with Crippen molar-refractivity contribution in [2.75, 3.05) is 13.1 Å². The summed E-state index contributed by atoms with van der Waals surface area (Å²) in [6.07, 6.45) is 13.2. The Hall–Kier alpha value is -2.48. The Balaban J connectivity index is 0.000000441. The van der Waals surface area contributed by atoms with Crippen molar-refractivity contribution in [2.45, 2.75) is 63.5 Å². The molecule has 0 radical (unpaired) electrons. The first-order chi connectivity index (χ1) is 11.8. The van der Waals surface area contributed by atoms with Gasteiger partial charge in [0.1, 0.15) is 0 Å². The molecule has 0 aromatic heterocycles. The minimum atomic E-state index is 0.0978. The number of aliphatic imine (C=N–C) groups is 4. The minimum Gasteiger partial charge on any atom is -0.211 e. The van der Waals surface area contributed by atoms with E-state index in [1.54, 1.807) is 12.2 Å². The molecule has 0 spiro atoms. The lowest BCUT2D eigenvalue weighted by molar-refractivity contribution is 0.394. The summed E-state index contributed by atoms with van der Waals surface area (Å²) in [5.41, 5.74) is 0. The largest absolute Gasteiger partial charge is 0.235 e. The lowest BCUT2D eigenvalue weighted by Gasteiger charge is -2.20. The summed E-state index contributed by atoms with van der Waals surface area (Å²) in [5.74, 6) is 0. The standard InChI is InChI=1S/C8H10N2O2.C8H12N2O2/c11-5-9-7-1-2-8(4-3-7)10-6-12;11-7-9-5-3-1-2-4-6-10-8-12/h7-8H,1-4H2;1-6H2. The van der Waals surface area contributed by atoms with Crippen LogP contribution in [0.15, 0.2) is 20.0 Å². The van der Waals surface area contributed by atoms with E-state index in [1.807, 2.05) is 0 Å². The van der Waals surface area contributed by atoms with Crippen molar-refractivity contribution in [3.05, 3.63) is 0 Å². The van der Waals surface area contributed by atoms with Crippen molar-refractivity contribution < 1.29 is 19.2 Å². The van der Waals surface area contributed by atoms with E-state index in [0.717, 1.165) is 51.4 Å². The van der Waals surface area contributed by atoms with Gasteiger partial charge in [-0.15, -0.1) is 0 Å². The van der Waals surface area contributed by atoms with Crippen LogP contribution in [0.2, 0.25) is 0 Å². The van der Waals surface area contributed by atoms with Gasteiger partial charge in [-0.05, 0) is 38.5 Å². The van der Waals surface area contributed by atoms with Crippen molar-refractivity contribution in [3.8, 4) is 0 Å². The fourth-order valence-corrected chi connectivity index (χ4v) is 2.29. The van der Waals surface area contributed by atoms with Crippen molar-refractivity contribution in [2.24, 2.45) is 20.0 Å². The summed E-state index contributed by atoms with van der Waals surface area (Å²) in [6.45, 7) is 1.11. The second-order valence-corrected chi connectivity index (χ2v) is 5.26. The van der Waals surface area contributed by atoms with Crippen LogP contribution in [-0.2, 0) is 19.2 Å². The summed E-state index contributed by atoms with van der Waals surface area (Å²) in [7, 11) is 0. The Morgan fingerprint density at radius 3 is 1.25 bits per heavy atom. The van der Waals surface area contributed by atoms with Crippen LogP contribution in [0.3, 0.4) is 0 Å². The van der Waals surface area contributed by atoms with E-state index in [0.29, 0.717) is 13.1 Å². The van der Waals surface area contributed by atoms with Crippen LogP contribution in [-0.4, -0.2) is 49.5 Å². The molecule has 0 aliphatic heterocycles. The van der Waals surface area contributed by atoms with Gasteiger partial charge in [0.05, 0.1) is 25.2 Å². The van der Waals surface area contributed by atoms with Crippen LogP contribution >= 0.6 is 0 Å². The highest BCUT2D eigenvalue weighted by molar-refractivity contribution is 5.34. The van der Waals surface area contributed by atoms with Gasteiger partial charge in [-0.3, -0.25) is 0 Å². The molecule has 0 aromatic rings. The molecule has 1 fully saturated rings. The molecule has 1 saturated carbocycles. The summed E-state index contributed by atoms with van der Waals surface area (Å²) in [4.78, 5) is 53.2. The summed E-state index contributed by atoms with van der Waals surface area (Å²) < 4.78 is 0. The number of hydrogen-bond acceptors (Lipinski definition) is 8. The molecule has 0 saturated heterocycles. The fraction of sp³-hybridized carbons (Fsp3) is 0.750. The molecule has 1 aliphatic rings. The lowest BCUT2D eigenvalue weighted by Crippen LogP contribution is -2.19. The van der Waals surface area contributed by atoms with E-state index in [4.69, 9.17) is 0 Å². The van der Waals surface area contributed by atoms with Crippen LogP contribution < -0.4 is 0 Å². The predicted octanol–water partition coefficient (Wildman–Crippen LogP) is 2.19. The molecule has 8 heteroatoms. The molecular formula is C16H22N4O4. The highest BCUT2D eigenvalue weighted by Gasteiger charge is 2.19. The van der Waals surface area contributed by atoms with E-state index in [2.05, 4.69) is 20.0 Å². The van der Waals surface area contributed by atoms with Crippen molar-refractivity contribution in [3.63, 3.8) is 0 Å². The molecule has 8 nitrogen and oxygen atoms in total. The average molecular weight is 334 g/mol. The normalized spacial score (nSPS) is 18.3. The van der Waals surface area contributed by atoms with Gasteiger partial charge in [0.25, 0.3) is 0 Å². The summed E-state index contributed by atoms with van der Waals surface area (Å²) in [6, 6.07) is 0.196. The van der Waals surface area contributed by atoms with Gasteiger partial charge < -0.3 is 0 Å². The second kappa shape index (κ2) is 16.9. The number of unbranched alkanes of at least 4 members (excludes halogenated alkanes) is 3. The number of isocyanates is 4. The number of hydrogen-bond donors (Lipinski definition) is 0. The molecule has 0 aromatic carbocycles. The zero-order chi connectivity index (χ0) is 17.9. The Kier molecular flexibility index (Phi) is 15.1. The molecule has 0 N–H and O–H groups in total. The van der Waals surface area contributed by atoms with Crippen LogP contribution in [0.5, 0.6) is 0 Å². The van der Waals surface area contributed by atoms with Gasteiger partial charge in [-0.1, -0.05) is 12.8 Å². The third kappa shape index (κ3) is 13.2. The van der Waals surface area contributed by atoms with Crippen LogP contribution in [0.4, 0.5) is 0 Å². The van der Waals surface area contributed by atoms with Gasteiger partial charge in [-0.25, -0.2) is 39.1 Å². The number of nitrogens with zero attached hydrogens (tertiary/aromatic N) is 4. The fourth-order valence-electron chi connectivity index (χ4n) is 2.29. The molecule has 1 rings (SSSR count). The SMILES string of the molecule is O=C=NC1CCC(N=C=O)CC1.O=C=NCCCCCCN=C=O. The highest BCUT2D eigenvalue weighted by atomic mass is 16.1. The molecule has 0 atom stereocenters. The van der Waals surface area contributed by atoms with Gasteiger partial charge in [0, 0.05) is 0 Å². The lowest BCUT2D eigenvalue weighted by atomic mass is 9.92. The van der Waals surface area contributed by atoms with Crippen LogP contribution in [0.1, 0.15) is 51.4 Å². The van der Waals surface area contributed by atoms with Gasteiger partial charge in [0.15, 0.2) is 0 Å². The average Bonchev–Trinajstić information content (AvgIpc) is 2.60. The Labute approximate surface area is 140 Å². The maximum absolute atomic E-state index is 9.90. The minimum absolute atomic E-state index is 0.0978. The van der Waals surface area contributed by atoms with Crippen molar-refractivity contribution >= 4 is 24.3 Å². The second-order valence-electron chi connectivity index (χ2n) is 5.26. The molecule has 0 bridgehead atoms. The van der Waals surface area contributed by atoms with Crippen molar-refractivity contribution in [1.29, 1.82) is 0 Å². The first-order valence-electron chi connectivity index (χ1n) is 7.99. The highest BCUT2D eigenvalue weighted by Crippen LogP contribution is 2.22. The number of rotatable bonds is 9. The smallest absolute Gasteiger partial charge is 0.211 e. The van der Waals surface area contributed by atoms with E-state index in [9.17, 15) is 19.2 Å². The maximum Gasteiger partial charge on any atom is 0.235 e. The molecular weight excluding hydrogens is 312 g/mol. The summed E-state index contributed by atoms with van der Waals surface area (Å²) in [5, 5.41) is 0. The first-order valence-corrected chi connectivity index (χ1v) is 7.99. The van der Waals surface area contributed by atoms with Crippen LogP contribution in [0, 0.1) is 0 Å². The van der Waals surface area contributed by atoms with E-state index < -0.39 is 0 Å². The molecule has 0 unspecified atom stereocenters. The Morgan fingerprint density at radius 2 is 0.958 bits per heavy atom. The molecule has 130 valence electrons. The predicted molar refractivity (Wildman–Crippen MR) is 86.7 cm³/mol. The first kappa shape index (κ1) is 21.5. The monoisotopic (exact) mass is 334 g/mol. The van der Waals surface area contributed by atoms with Gasteiger partial charge >= 0.3 is 0 Å². The number of carbonyl (C=O) groups excluding carboxylic acids is 4. The van der Waals surface area contributed by atoms with E-state index in [-0.39, 0.29) is 12.1 Å². The zero-order valence-corrected chi connectivity index (χ0v) is 13.6. The maximum atomic E-state index is 9.90. The van der Waals surface area contributed by atoms with Crippen LogP contribution in [0.25, 0.3) is 0 Å². The molecule has 1 aliphatic carbocycles. The third-order valence-electron chi connectivity index (χ3n) is 3.56. The third-order valence-corrected chi connectivity index (χ3v) is 3.56. The molecule has 0 amide bonds. The Bertz CT molecular complexity index is 470. The van der Waals surface area contributed by atoms with Gasteiger partial charge in [-0.2, -0.15) is 0 Å². The van der Waals surface area contributed by atoms with Gasteiger partial charge in [0.2, 0.25) is 24.3 Å². The van der Waals surface area contributed by atoms with E-state index >= 15 is 0 Å². The zero-order valence-electron chi connectivity index (χ0n) is 13.6. The van der Waals surface area contributed by atoms with E-state index in [1.165, 1.54) is 12.2 Å². The summed E-state index contributed by atoms with van der Waals surface area (Å²) >= 11 is 0. The van der Waals surface area contributed by atoms with Crippen molar-refractivity contribution in [1.82, 2.24) is 0 Å². The Morgan fingerprint density at radius 1 is 0.583 bits per heavy atom. The topological polar surface area (TPSA) is 118 Å².